The number of hydrogen-bond acceptors (Lipinski definition) is 3. The van der Waals surface area contributed by atoms with Crippen LogP contribution >= 0.6 is 0 Å². The molecule has 0 aromatic heterocycles. The van der Waals surface area contributed by atoms with E-state index in [1.165, 1.54) is 0 Å². The van der Waals surface area contributed by atoms with Gasteiger partial charge in [-0.05, 0) is 19.5 Å². The molecule has 1 N–H and O–H groups in total. The Labute approximate surface area is 83.3 Å². The summed E-state index contributed by atoms with van der Waals surface area (Å²) in [6.07, 6.45) is -1.33. The Kier molecular flexibility index (Phi) is 5.29. The van der Waals surface area contributed by atoms with Gasteiger partial charge in [0.1, 0.15) is 0 Å². The Morgan fingerprint density at radius 1 is 1.07 bits per heavy atom. The number of aliphatic hydroxyl groups excluding tert-OH is 1. The normalized spacial score (nSPS) is 21.4. The van der Waals surface area contributed by atoms with Crippen molar-refractivity contribution in [2.75, 3.05) is 45.9 Å². The minimum Gasteiger partial charge on any atom is -0.395 e. The molecule has 1 fully saturated rings. The molecule has 0 aromatic rings. The highest BCUT2D eigenvalue weighted by atomic mass is 19.3. The monoisotopic (exact) mass is 208 g/mol. The number of hydrogen-bond donors (Lipinski definition) is 1. The van der Waals surface area contributed by atoms with Crippen molar-refractivity contribution < 1.29 is 13.9 Å². The van der Waals surface area contributed by atoms with Crippen LogP contribution in [0, 0.1) is 0 Å². The van der Waals surface area contributed by atoms with Crippen LogP contribution in [0.2, 0.25) is 0 Å². The van der Waals surface area contributed by atoms with Crippen LogP contribution in [-0.4, -0.2) is 67.2 Å². The fourth-order valence-corrected chi connectivity index (χ4v) is 1.77. The fraction of sp³-hybridized carbons (Fsp3) is 1.00. The maximum Gasteiger partial charge on any atom is 0.251 e. The summed E-state index contributed by atoms with van der Waals surface area (Å²) >= 11 is 0. The van der Waals surface area contributed by atoms with E-state index in [4.69, 9.17) is 5.11 Å². The minimum atomic E-state index is -2.24. The third-order valence-corrected chi connectivity index (χ3v) is 2.49. The standard InChI is InChI=1S/C9H18F2N2O/c10-9(11)8-13-3-1-2-12(4-5-13)6-7-14/h9,14H,1-8H2. The highest BCUT2D eigenvalue weighted by Gasteiger charge is 2.16. The second kappa shape index (κ2) is 6.27. The van der Waals surface area contributed by atoms with Gasteiger partial charge < -0.3 is 5.11 Å². The Balaban J connectivity index is 2.25. The molecule has 0 bridgehead atoms. The zero-order valence-corrected chi connectivity index (χ0v) is 8.33. The summed E-state index contributed by atoms with van der Waals surface area (Å²) in [6.45, 7) is 3.80. The van der Waals surface area contributed by atoms with Crippen molar-refractivity contribution in [3.8, 4) is 0 Å². The molecular weight excluding hydrogens is 190 g/mol. The van der Waals surface area contributed by atoms with Crippen LogP contribution in [0.3, 0.4) is 0 Å². The predicted octanol–water partition coefficient (Wildman–Crippen LogP) is 0.251. The molecule has 0 radical (unpaired) electrons. The Morgan fingerprint density at radius 3 is 2.36 bits per heavy atom. The summed E-state index contributed by atoms with van der Waals surface area (Å²) < 4.78 is 24.2. The summed E-state index contributed by atoms with van der Waals surface area (Å²) in [4.78, 5) is 3.91. The van der Waals surface area contributed by atoms with Crippen LogP contribution < -0.4 is 0 Å². The van der Waals surface area contributed by atoms with Gasteiger partial charge in [0.2, 0.25) is 0 Å². The smallest absolute Gasteiger partial charge is 0.251 e. The first-order valence-electron chi connectivity index (χ1n) is 5.06. The van der Waals surface area contributed by atoms with E-state index in [-0.39, 0.29) is 13.2 Å². The van der Waals surface area contributed by atoms with E-state index >= 15 is 0 Å². The van der Waals surface area contributed by atoms with E-state index in [1.807, 2.05) is 0 Å². The summed E-state index contributed by atoms with van der Waals surface area (Å²) in [6, 6.07) is 0. The van der Waals surface area contributed by atoms with Crippen LogP contribution in [0.15, 0.2) is 0 Å². The van der Waals surface area contributed by atoms with Crippen molar-refractivity contribution in [3.63, 3.8) is 0 Å². The zero-order chi connectivity index (χ0) is 10.4. The summed E-state index contributed by atoms with van der Waals surface area (Å²) in [5.74, 6) is 0. The van der Waals surface area contributed by atoms with Gasteiger partial charge >= 0.3 is 0 Å². The molecule has 1 saturated heterocycles. The molecule has 1 aliphatic heterocycles. The molecule has 0 spiro atoms. The third-order valence-electron chi connectivity index (χ3n) is 2.49. The predicted molar refractivity (Wildman–Crippen MR) is 50.6 cm³/mol. The average Bonchev–Trinajstić information content (AvgIpc) is 2.31. The van der Waals surface area contributed by atoms with E-state index in [0.717, 1.165) is 26.1 Å². The molecule has 0 unspecified atom stereocenters. The largest absolute Gasteiger partial charge is 0.395 e. The average molecular weight is 208 g/mol. The molecule has 84 valence electrons. The van der Waals surface area contributed by atoms with E-state index in [0.29, 0.717) is 13.1 Å². The lowest BCUT2D eigenvalue weighted by atomic mass is 10.4. The zero-order valence-electron chi connectivity index (χ0n) is 8.33. The highest BCUT2D eigenvalue weighted by molar-refractivity contribution is 4.69. The number of halogens is 2. The quantitative estimate of drug-likeness (QED) is 0.717. The van der Waals surface area contributed by atoms with Crippen molar-refractivity contribution in [3.05, 3.63) is 0 Å². The van der Waals surface area contributed by atoms with Gasteiger partial charge in [-0.1, -0.05) is 0 Å². The molecule has 1 rings (SSSR count). The highest BCUT2D eigenvalue weighted by Crippen LogP contribution is 2.05. The van der Waals surface area contributed by atoms with Crippen molar-refractivity contribution in [2.24, 2.45) is 0 Å². The van der Waals surface area contributed by atoms with Gasteiger partial charge in [0.15, 0.2) is 0 Å². The molecule has 0 amide bonds. The molecule has 5 heteroatoms. The van der Waals surface area contributed by atoms with Gasteiger partial charge in [-0.3, -0.25) is 9.80 Å². The van der Waals surface area contributed by atoms with Crippen molar-refractivity contribution >= 4 is 0 Å². The number of rotatable bonds is 4. The van der Waals surface area contributed by atoms with Crippen molar-refractivity contribution in [2.45, 2.75) is 12.8 Å². The summed E-state index contributed by atoms with van der Waals surface area (Å²) in [5.41, 5.74) is 0. The topological polar surface area (TPSA) is 26.7 Å². The Morgan fingerprint density at radius 2 is 1.71 bits per heavy atom. The maximum absolute atomic E-state index is 12.1. The van der Waals surface area contributed by atoms with Gasteiger partial charge in [-0.25, -0.2) is 8.78 Å². The molecular formula is C9H18F2N2O. The van der Waals surface area contributed by atoms with E-state index in [1.54, 1.807) is 4.90 Å². The summed E-state index contributed by atoms with van der Waals surface area (Å²) in [5, 5.41) is 8.75. The lowest BCUT2D eigenvalue weighted by molar-refractivity contribution is 0.0894. The second-order valence-electron chi connectivity index (χ2n) is 3.61. The van der Waals surface area contributed by atoms with Gasteiger partial charge in [0, 0.05) is 19.6 Å². The molecule has 0 saturated carbocycles. The third kappa shape index (κ3) is 4.30. The van der Waals surface area contributed by atoms with Crippen molar-refractivity contribution in [1.29, 1.82) is 0 Å². The SMILES string of the molecule is OCCN1CCCN(CC(F)F)CC1. The van der Waals surface area contributed by atoms with Crippen molar-refractivity contribution in [1.82, 2.24) is 9.80 Å². The first kappa shape index (κ1) is 11.8. The molecule has 14 heavy (non-hydrogen) atoms. The van der Waals surface area contributed by atoms with Crippen LogP contribution in [0.4, 0.5) is 8.78 Å². The van der Waals surface area contributed by atoms with Crippen LogP contribution in [0.5, 0.6) is 0 Å². The van der Waals surface area contributed by atoms with Gasteiger partial charge in [0.25, 0.3) is 6.43 Å². The summed E-state index contributed by atoms with van der Waals surface area (Å²) in [7, 11) is 0. The van der Waals surface area contributed by atoms with Gasteiger partial charge in [-0.15, -0.1) is 0 Å². The Hall–Kier alpha value is -0.260. The Bertz CT molecular complexity index is 158. The molecule has 1 aliphatic rings. The second-order valence-corrected chi connectivity index (χ2v) is 3.61. The number of β-amino-alcohol motifs (C(OH)–C–C–N with tert-alkyl or cyclic N) is 1. The molecule has 0 aliphatic carbocycles. The van der Waals surface area contributed by atoms with E-state index in [2.05, 4.69) is 4.90 Å². The van der Waals surface area contributed by atoms with Crippen LogP contribution in [0.1, 0.15) is 6.42 Å². The fourth-order valence-electron chi connectivity index (χ4n) is 1.77. The minimum absolute atomic E-state index is 0.118. The maximum atomic E-state index is 12.1. The molecule has 3 nitrogen and oxygen atoms in total. The molecule has 1 heterocycles. The lowest BCUT2D eigenvalue weighted by Gasteiger charge is -2.20. The number of alkyl halides is 2. The van der Waals surface area contributed by atoms with Crippen LogP contribution in [0.25, 0.3) is 0 Å². The van der Waals surface area contributed by atoms with E-state index < -0.39 is 6.43 Å². The number of nitrogens with zero attached hydrogens (tertiary/aromatic N) is 2. The van der Waals surface area contributed by atoms with Crippen LogP contribution in [-0.2, 0) is 0 Å². The molecule has 0 atom stereocenters. The van der Waals surface area contributed by atoms with Gasteiger partial charge in [0.05, 0.1) is 13.2 Å². The first-order chi connectivity index (χ1) is 6.72. The number of aliphatic hydroxyl groups is 1. The van der Waals surface area contributed by atoms with Gasteiger partial charge in [-0.2, -0.15) is 0 Å². The molecule has 0 aromatic carbocycles. The van der Waals surface area contributed by atoms with E-state index in [9.17, 15) is 8.78 Å². The first-order valence-corrected chi connectivity index (χ1v) is 5.06. The lowest BCUT2D eigenvalue weighted by Crippen LogP contribution is -2.34.